The lowest BCUT2D eigenvalue weighted by Gasteiger charge is -2.29. The summed E-state index contributed by atoms with van der Waals surface area (Å²) in [5, 5.41) is 3.02. The summed E-state index contributed by atoms with van der Waals surface area (Å²) in [5.41, 5.74) is 3.56. The summed E-state index contributed by atoms with van der Waals surface area (Å²) in [7, 11) is 1.67. The van der Waals surface area contributed by atoms with Crippen LogP contribution in [-0.2, 0) is 19.4 Å². The summed E-state index contributed by atoms with van der Waals surface area (Å²) in [6, 6.07) is 14.0. The molecule has 2 aromatic rings. The molecule has 0 radical (unpaired) electrons. The van der Waals surface area contributed by atoms with Gasteiger partial charge in [0.2, 0.25) is 0 Å². The summed E-state index contributed by atoms with van der Waals surface area (Å²) in [4.78, 5) is 14.4. The molecule has 0 aromatic heterocycles. The molecule has 5 heteroatoms. The lowest BCUT2D eigenvalue weighted by molar-refractivity contribution is 0.192. The van der Waals surface area contributed by atoms with Gasteiger partial charge in [-0.2, -0.15) is 0 Å². The highest BCUT2D eigenvalue weighted by Crippen LogP contribution is 2.24. The minimum atomic E-state index is -0.0210. The summed E-state index contributed by atoms with van der Waals surface area (Å²) in [6.07, 6.45) is 1.62. The maximum Gasteiger partial charge on any atom is 0.317 e. The van der Waals surface area contributed by atoms with E-state index >= 15 is 0 Å². The average Bonchev–Trinajstić information content (AvgIpc) is 2.68. The van der Waals surface area contributed by atoms with Crippen LogP contribution in [0, 0.1) is 0 Å². The van der Waals surface area contributed by atoms with Crippen molar-refractivity contribution >= 4 is 6.03 Å². The van der Waals surface area contributed by atoms with E-state index in [4.69, 9.17) is 9.47 Å². The number of methoxy groups -OCH3 is 1. The molecule has 1 aliphatic heterocycles. The summed E-state index contributed by atoms with van der Waals surface area (Å²) >= 11 is 0. The predicted molar refractivity (Wildman–Crippen MR) is 102 cm³/mol. The first-order valence-corrected chi connectivity index (χ1v) is 9.10. The molecule has 1 aliphatic rings. The molecule has 2 aromatic carbocycles. The number of nitrogens with one attached hydrogen (secondary N) is 1. The summed E-state index contributed by atoms with van der Waals surface area (Å²) in [5.74, 6) is 1.72. The molecular weight excluding hydrogens is 328 g/mol. The molecule has 0 bridgehead atoms. The van der Waals surface area contributed by atoms with E-state index in [1.54, 1.807) is 7.11 Å². The fourth-order valence-electron chi connectivity index (χ4n) is 3.29. The Morgan fingerprint density at radius 1 is 1.19 bits per heavy atom. The van der Waals surface area contributed by atoms with Gasteiger partial charge < -0.3 is 19.7 Å². The molecule has 0 spiro atoms. The molecule has 2 amide bonds. The van der Waals surface area contributed by atoms with Crippen LogP contribution >= 0.6 is 0 Å². The number of para-hydroxylation sites is 1. The number of ether oxygens (including phenoxy) is 2. The van der Waals surface area contributed by atoms with E-state index in [0.29, 0.717) is 19.7 Å². The van der Waals surface area contributed by atoms with Crippen LogP contribution in [-0.4, -0.2) is 37.7 Å². The molecule has 0 aliphatic carbocycles. The third-order valence-corrected chi connectivity index (χ3v) is 4.65. The second kappa shape index (κ2) is 8.61. The van der Waals surface area contributed by atoms with E-state index in [0.717, 1.165) is 36.4 Å². The van der Waals surface area contributed by atoms with Crippen LogP contribution in [0.1, 0.15) is 23.6 Å². The van der Waals surface area contributed by atoms with Gasteiger partial charge in [0, 0.05) is 19.6 Å². The second-order valence-electron chi connectivity index (χ2n) is 6.33. The fourth-order valence-corrected chi connectivity index (χ4v) is 3.29. The highest BCUT2D eigenvalue weighted by molar-refractivity contribution is 5.74. The van der Waals surface area contributed by atoms with Gasteiger partial charge in [-0.05, 0) is 54.7 Å². The van der Waals surface area contributed by atoms with Gasteiger partial charge in [0.25, 0.3) is 0 Å². The van der Waals surface area contributed by atoms with E-state index < -0.39 is 0 Å². The zero-order valence-electron chi connectivity index (χ0n) is 15.5. The Morgan fingerprint density at radius 3 is 2.85 bits per heavy atom. The fraction of sp³-hybridized carbons (Fsp3) is 0.381. The molecule has 0 saturated heterocycles. The Balaban J connectivity index is 1.55. The van der Waals surface area contributed by atoms with Crippen LogP contribution in [0.15, 0.2) is 42.5 Å². The first kappa shape index (κ1) is 18.1. The lowest BCUT2D eigenvalue weighted by atomic mass is 10.00. The molecule has 0 fully saturated rings. The van der Waals surface area contributed by atoms with E-state index in [-0.39, 0.29) is 6.03 Å². The predicted octanol–water partition coefficient (Wildman–Crippen LogP) is 3.40. The van der Waals surface area contributed by atoms with Crippen LogP contribution in [0.4, 0.5) is 4.79 Å². The van der Waals surface area contributed by atoms with Crippen LogP contribution in [0.3, 0.4) is 0 Å². The van der Waals surface area contributed by atoms with Crippen LogP contribution in [0.5, 0.6) is 11.5 Å². The van der Waals surface area contributed by atoms with Crippen LogP contribution < -0.4 is 14.8 Å². The number of hydrogen-bond acceptors (Lipinski definition) is 3. The van der Waals surface area contributed by atoms with Crippen molar-refractivity contribution in [2.45, 2.75) is 26.3 Å². The minimum absolute atomic E-state index is 0.0210. The number of rotatable bonds is 6. The maximum atomic E-state index is 12.5. The zero-order valence-corrected chi connectivity index (χ0v) is 15.5. The van der Waals surface area contributed by atoms with Crippen molar-refractivity contribution in [1.82, 2.24) is 10.2 Å². The van der Waals surface area contributed by atoms with Gasteiger partial charge in [-0.1, -0.05) is 24.3 Å². The third-order valence-electron chi connectivity index (χ3n) is 4.65. The van der Waals surface area contributed by atoms with Gasteiger partial charge in [0.1, 0.15) is 11.5 Å². The quantitative estimate of drug-likeness (QED) is 0.865. The van der Waals surface area contributed by atoms with Crippen LogP contribution in [0.25, 0.3) is 0 Å². The number of urea groups is 1. The number of hydrogen-bond donors (Lipinski definition) is 1. The van der Waals surface area contributed by atoms with Crippen molar-refractivity contribution in [2.24, 2.45) is 0 Å². The highest BCUT2D eigenvalue weighted by Gasteiger charge is 2.20. The van der Waals surface area contributed by atoms with Gasteiger partial charge in [-0.3, -0.25) is 0 Å². The summed E-state index contributed by atoms with van der Waals surface area (Å²) in [6.45, 7) is 4.56. The third kappa shape index (κ3) is 4.28. The average molecular weight is 354 g/mol. The molecule has 1 heterocycles. The Morgan fingerprint density at radius 2 is 2.04 bits per heavy atom. The normalized spacial score (nSPS) is 13.1. The van der Waals surface area contributed by atoms with E-state index in [2.05, 4.69) is 11.4 Å². The zero-order chi connectivity index (χ0) is 18.4. The van der Waals surface area contributed by atoms with Gasteiger partial charge in [-0.25, -0.2) is 4.79 Å². The number of nitrogens with zero attached hydrogens (tertiary/aromatic N) is 1. The number of benzene rings is 2. The number of fused-ring (bicyclic) bond motifs is 1. The largest absolute Gasteiger partial charge is 0.496 e. The molecular formula is C21H26N2O3. The Bertz CT molecular complexity index is 761. The van der Waals surface area contributed by atoms with Gasteiger partial charge in [0.05, 0.1) is 13.7 Å². The smallest absolute Gasteiger partial charge is 0.317 e. The number of carbonyl (C=O) groups excluding carboxylic acids is 1. The van der Waals surface area contributed by atoms with Crippen molar-refractivity contribution in [3.63, 3.8) is 0 Å². The lowest BCUT2D eigenvalue weighted by Crippen LogP contribution is -2.43. The SMILES string of the molecule is CCOc1ccc2c(c1)CN(C(=O)NCCc1ccccc1OC)CC2. The first-order chi connectivity index (χ1) is 12.7. The van der Waals surface area contributed by atoms with Crippen molar-refractivity contribution in [3.05, 3.63) is 59.2 Å². The topological polar surface area (TPSA) is 50.8 Å². The first-order valence-electron chi connectivity index (χ1n) is 9.10. The van der Waals surface area contributed by atoms with Gasteiger partial charge in [0.15, 0.2) is 0 Å². The Hall–Kier alpha value is -2.69. The van der Waals surface area contributed by atoms with Crippen molar-refractivity contribution in [2.75, 3.05) is 26.8 Å². The molecule has 5 nitrogen and oxygen atoms in total. The molecule has 3 rings (SSSR count). The van der Waals surface area contributed by atoms with E-state index in [1.807, 2.05) is 48.2 Å². The molecule has 138 valence electrons. The standard InChI is InChI=1S/C21H26N2O3/c1-3-26-19-9-8-16-11-13-23(15-18(16)14-19)21(24)22-12-10-17-6-4-5-7-20(17)25-2/h4-9,14H,3,10-13,15H2,1-2H3,(H,22,24). The molecule has 0 saturated carbocycles. The highest BCUT2D eigenvalue weighted by atomic mass is 16.5. The number of carbonyl (C=O) groups is 1. The molecule has 1 N–H and O–H groups in total. The minimum Gasteiger partial charge on any atom is -0.496 e. The second-order valence-corrected chi connectivity index (χ2v) is 6.33. The maximum absolute atomic E-state index is 12.5. The monoisotopic (exact) mass is 354 g/mol. The Labute approximate surface area is 154 Å². The van der Waals surface area contributed by atoms with Crippen molar-refractivity contribution in [3.8, 4) is 11.5 Å². The Kier molecular flexibility index (Phi) is 6.00. The summed E-state index contributed by atoms with van der Waals surface area (Å²) < 4.78 is 10.9. The molecule has 0 unspecified atom stereocenters. The van der Waals surface area contributed by atoms with E-state index in [9.17, 15) is 4.79 Å². The molecule has 0 atom stereocenters. The van der Waals surface area contributed by atoms with Crippen molar-refractivity contribution in [1.29, 1.82) is 0 Å². The van der Waals surface area contributed by atoms with Crippen molar-refractivity contribution < 1.29 is 14.3 Å². The molecule has 26 heavy (non-hydrogen) atoms. The van der Waals surface area contributed by atoms with Crippen LogP contribution in [0.2, 0.25) is 0 Å². The van der Waals surface area contributed by atoms with Gasteiger partial charge in [-0.15, -0.1) is 0 Å². The van der Waals surface area contributed by atoms with Gasteiger partial charge >= 0.3 is 6.03 Å². The van der Waals surface area contributed by atoms with E-state index in [1.165, 1.54) is 11.1 Å². The number of amides is 2.